The summed E-state index contributed by atoms with van der Waals surface area (Å²) in [6, 6.07) is 1.99. The topological polar surface area (TPSA) is 47.6 Å². The number of hydrogen-bond acceptors (Lipinski definition) is 4. The summed E-state index contributed by atoms with van der Waals surface area (Å²) in [6.45, 7) is 0.975. The normalized spacial score (nSPS) is 19.0. The first kappa shape index (κ1) is 14.2. The lowest BCUT2D eigenvalue weighted by molar-refractivity contribution is 0.112. The minimum absolute atomic E-state index is 0.191. The van der Waals surface area contributed by atoms with Crippen LogP contribution in [0.15, 0.2) is 6.07 Å². The molecule has 1 fully saturated rings. The van der Waals surface area contributed by atoms with Crippen LogP contribution in [0.1, 0.15) is 41.2 Å². The summed E-state index contributed by atoms with van der Waals surface area (Å²) in [4.78, 5) is 11.1. The molecule has 1 aliphatic heterocycles. The molecule has 1 N–H and O–H groups in total. The lowest BCUT2D eigenvalue weighted by atomic mass is 9.95. The lowest BCUT2D eigenvalue weighted by Gasteiger charge is -2.26. The van der Waals surface area contributed by atoms with E-state index in [1.54, 1.807) is 13.2 Å². The summed E-state index contributed by atoms with van der Waals surface area (Å²) in [5, 5.41) is 3.84. The van der Waals surface area contributed by atoms with Gasteiger partial charge in [-0.05, 0) is 25.5 Å². The highest BCUT2D eigenvalue weighted by Crippen LogP contribution is 2.42. The molecule has 1 aromatic carbocycles. The van der Waals surface area contributed by atoms with Gasteiger partial charge < -0.3 is 14.8 Å². The number of carbonyl (C=O) groups excluding carboxylic acids is 1. The second-order valence-electron chi connectivity index (χ2n) is 4.55. The zero-order valence-electron chi connectivity index (χ0n) is 11.2. The van der Waals surface area contributed by atoms with Gasteiger partial charge in [0, 0.05) is 11.6 Å². The number of hydrogen-bond donors (Lipinski definition) is 1. The quantitative estimate of drug-likeness (QED) is 0.863. The van der Waals surface area contributed by atoms with Crippen LogP contribution in [0.4, 0.5) is 0 Å². The monoisotopic (exact) mass is 283 g/mol. The Morgan fingerprint density at radius 3 is 2.58 bits per heavy atom. The predicted molar refractivity (Wildman–Crippen MR) is 74.5 cm³/mol. The number of carbonyl (C=O) groups is 1. The number of methoxy groups -OCH3 is 2. The summed E-state index contributed by atoms with van der Waals surface area (Å²) < 4.78 is 10.7. The van der Waals surface area contributed by atoms with Crippen molar-refractivity contribution in [3.05, 3.63) is 22.2 Å². The standard InChI is InChI=1S/C14H18ClNO3/c1-18-13-9(12-5-3-4-6-16-12)7-11(15)10(8-17)14(13)19-2/h7-8,12,16H,3-6H2,1-2H3. The highest BCUT2D eigenvalue weighted by molar-refractivity contribution is 6.33. The molecule has 1 aromatic rings. The molecule has 0 amide bonds. The van der Waals surface area contributed by atoms with E-state index < -0.39 is 0 Å². The first-order chi connectivity index (χ1) is 9.22. The van der Waals surface area contributed by atoms with Crippen molar-refractivity contribution in [3.8, 4) is 11.5 Å². The molecule has 2 rings (SSSR count). The molecular weight excluding hydrogens is 266 g/mol. The first-order valence-electron chi connectivity index (χ1n) is 6.35. The Bertz CT molecular complexity index is 470. The molecule has 1 aliphatic rings. The van der Waals surface area contributed by atoms with Crippen molar-refractivity contribution in [1.82, 2.24) is 5.32 Å². The third-order valence-corrected chi connectivity index (χ3v) is 3.78. The Balaban J connectivity index is 2.53. The number of aldehydes is 1. The molecule has 104 valence electrons. The second kappa shape index (κ2) is 6.26. The summed E-state index contributed by atoms with van der Waals surface area (Å²) in [7, 11) is 3.09. The fourth-order valence-electron chi connectivity index (χ4n) is 2.54. The predicted octanol–water partition coefficient (Wildman–Crippen LogP) is 2.98. The smallest absolute Gasteiger partial charge is 0.173 e. The van der Waals surface area contributed by atoms with E-state index >= 15 is 0 Å². The average Bonchev–Trinajstić information content (AvgIpc) is 2.46. The van der Waals surface area contributed by atoms with Gasteiger partial charge in [0.25, 0.3) is 0 Å². The van der Waals surface area contributed by atoms with Gasteiger partial charge in [0.05, 0.1) is 24.8 Å². The highest BCUT2D eigenvalue weighted by atomic mass is 35.5. The largest absolute Gasteiger partial charge is 0.492 e. The molecule has 0 aromatic heterocycles. The van der Waals surface area contributed by atoms with E-state index in [1.807, 2.05) is 0 Å². The fraction of sp³-hybridized carbons (Fsp3) is 0.500. The van der Waals surface area contributed by atoms with Crippen molar-refractivity contribution < 1.29 is 14.3 Å². The van der Waals surface area contributed by atoms with Crippen molar-refractivity contribution >= 4 is 17.9 Å². The van der Waals surface area contributed by atoms with Crippen LogP contribution in [0.25, 0.3) is 0 Å². The highest BCUT2D eigenvalue weighted by Gasteiger charge is 2.25. The maximum atomic E-state index is 11.1. The van der Waals surface area contributed by atoms with Gasteiger partial charge in [0.15, 0.2) is 17.8 Å². The Hall–Kier alpha value is -1.26. The second-order valence-corrected chi connectivity index (χ2v) is 4.96. The molecule has 0 spiro atoms. The van der Waals surface area contributed by atoms with Crippen LogP contribution in [0.2, 0.25) is 5.02 Å². The molecule has 1 unspecified atom stereocenters. The van der Waals surface area contributed by atoms with E-state index in [-0.39, 0.29) is 6.04 Å². The number of halogens is 1. The third-order valence-electron chi connectivity index (χ3n) is 3.46. The molecule has 0 aliphatic carbocycles. The van der Waals surface area contributed by atoms with Gasteiger partial charge in [-0.25, -0.2) is 0 Å². The van der Waals surface area contributed by atoms with Crippen LogP contribution < -0.4 is 14.8 Å². The minimum Gasteiger partial charge on any atom is -0.492 e. The van der Waals surface area contributed by atoms with Gasteiger partial charge in [-0.3, -0.25) is 4.79 Å². The van der Waals surface area contributed by atoms with Crippen molar-refractivity contribution in [2.75, 3.05) is 20.8 Å². The van der Waals surface area contributed by atoms with Crippen LogP contribution in [0, 0.1) is 0 Å². The fourth-order valence-corrected chi connectivity index (χ4v) is 2.79. The Morgan fingerprint density at radius 2 is 2.05 bits per heavy atom. The number of rotatable bonds is 4. The van der Waals surface area contributed by atoms with Gasteiger partial charge in [-0.15, -0.1) is 0 Å². The molecule has 19 heavy (non-hydrogen) atoms. The molecule has 0 radical (unpaired) electrons. The van der Waals surface area contributed by atoms with Gasteiger partial charge >= 0.3 is 0 Å². The van der Waals surface area contributed by atoms with Crippen LogP contribution in [0.3, 0.4) is 0 Å². The van der Waals surface area contributed by atoms with E-state index in [0.29, 0.717) is 28.4 Å². The molecule has 5 heteroatoms. The number of nitrogens with one attached hydrogen (secondary N) is 1. The van der Waals surface area contributed by atoms with Crippen LogP contribution in [-0.2, 0) is 0 Å². The van der Waals surface area contributed by atoms with Crippen molar-refractivity contribution in [1.29, 1.82) is 0 Å². The minimum atomic E-state index is 0.191. The summed E-state index contributed by atoms with van der Waals surface area (Å²) in [5.74, 6) is 1.00. The van der Waals surface area contributed by atoms with Crippen LogP contribution in [-0.4, -0.2) is 27.1 Å². The van der Waals surface area contributed by atoms with Crippen molar-refractivity contribution in [2.24, 2.45) is 0 Å². The van der Waals surface area contributed by atoms with E-state index in [9.17, 15) is 4.79 Å². The third kappa shape index (κ3) is 2.69. The Labute approximate surface area is 118 Å². The van der Waals surface area contributed by atoms with Crippen LogP contribution in [0.5, 0.6) is 11.5 Å². The molecule has 1 atom stereocenters. The SMILES string of the molecule is COc1c(C2CCCCN2)cc(Cl)c(C=O)c1OC. The Morgan fingerprint density at radius 1 is 1.32 bits per heavy atom. The number of ether oxygens (including phenoxy) is 2. The van der Waals surface area contributed by atoms with Gasteiger partial charge in [0.1, 0.15) is 0 Å². The van der Waals surface area contributed by atoms with Crippen molar-refractivity contribution in [3.63, 3.8) is 0 Å². The zero-order valence-corrected chi connectivity index (χ0v) is 11.9. The lowest BCUT2D eigenvalue weighted by Crippen LogP contribution is -2.27. The van der Waals surface area contributed by atoms with E-state index in [4.69, 9.17) is 21.1 Å². The molecular formula is C14H18ClNO3. The number of benzene rings is 1. The van der Waals surface area contributed by atoms with Crippen molar-refractivity contribution in [2.45, 2.75) is 25.3 Å². The van der Waals surface area contributed by atoms with E-state index in [0.717, 1.165) is 24.9 Å². The molecule has 0 bridgehead atoms. The molecule has 4 nitrogen and oxygen atoms in total. The summed E-state index contributed by atoms with van der Waals surface area (Å²) in [5.41, 5.74) is 1.29. The van der Waals surface area contributed by atoms with Gasteiger partial charge in [0.2, 0.25) is 0 Å². The van der Waals surface area contributed by atoms with Gasteiger partial charge in [-0.1, -0.05) is 18.0 Å². The van der Waals surface area contributed by atoms with E-state index in [1.165, 1.54) is 13.5 Å². The van der Waals surface area contributed by atoms with E-state index in [2.05, 4.69) is 5.32 Å². The molecule has 1 heterocycles. The Kier molecular flexibility index (Phi) is 4.66. The summed E-state index contributed by atoms with van der Waals surface area (Å²) >= 11 is 6.17. The summed E-state index contributed by atoms with van der Waals surface area (Å²) in [6.07, 6.45) is 4.06. The zero-order chi connectivity index (χ0) is 13.8. The molecule has 0 saturated carbocycles. The maximum Gasteiger partial charge on any atom is 0.173 e. The average molecular weight is 284 g/mol. The van der Waals surface area contributed by atoms with Crippen LogP contribution >= 0.6 is 11.6 Å². The molecule has 1 saturated heterocycles. The number of piperidine rings is 1. The first-order valence-corrected chi connectivity index (χ1v) is 6.73. The maximum absolute atomic E-state index is 11.1. The van der Waals surface area contributed by atoms with Gasteiger partial charge in [-0.2, -0.15) is 0 Å².